The highest BCUT2D eigenvalue weighted by atomic mass is 16.5. The summed E-state index contributed by atoms with van der Waals surface area (Å²) >= 11 is 0. The van der Waals surface area contributed by atoms with E-state index in [2.05, 4.69) is 5.32 Å². The molecule has 0 aromatic rings. The largest absolute Gasteiger partial charge is 0.492 e. The molecule has 37 heavy (non-hydrogen) atoms. The average Bonchev–Trinajstić information content (AvgIpc) is 2.86. The lowest BCUT2D eigenvalue weighted by atomic mass is 9.85. The van der Waals surface area contributed by atoms with Gasteiger partial charge in [0.05, 0.1) is 25.0 Å². The zero-order valence-electron chi connectivity index (χ0n) is 22.6. The quantitative estimate of drug-likeness (QED) is 0.384. The first kappa shape index (κ1) is 30.4. The van der Waals surface area contributed by atoms with Crippen molar-refractivity contribution in [1.82, 2.24) is 5.32 Å². The number of carbonyl (C=O) groups excluding carboxylic acids is 3. The topological polar surface area (TPSA) is 131 Å². The Balaban J connectivity index is 2.53. The van der Waals surface area contributed by atoms with Gasteiger partial charge < -0.3 is 29.7 Å². The minimum atomic E-state index is -0.979. The molecule has 204 valence electrons. The fourth-order valence-electron chi connectivity index (χ4n) is 4.51. The Morgan fingerprint density at radius 3 is 2.30 bits per heavy atom. The number of nitrogens with one attached hydrogen (secondary N) is 1. The van der Waals surface area contributed by atoms with Crippen LogP contribution in [0.1, 0.15) is 40.5 Å². The number of hydrogen-bond acceptors (Lipinski definition) is 8. The molecule has 0 fully saturated rings. The summed E-state index contributed by atoms with van der Waals surface area (Å²) in [5.74, 6) is -2.16. The van der Waals surface area contributed by atoms with Gasteiger partial charge in [-0.25, -0.2) is 0 Å². The van der Waals surface area contributed by atoms with Gasteiger partial charge in [-0.15, -0.1) is 0 Å². The normalized spacial score (nSPS) is 30.9. The van der Waals surface area contributed by atoms with Gasteiger partial charge in [0.25, 0.3) is 5.91 Å². The van der Waals surface area contributed by atoms with Gasteiger partial charge in [0.2, 0.25) is 11.6 Å². The van der Waals surface area contributed by atoms with E-state index in [1.54, 1.807) is 32.1 Å². The van der Waals surface area contributed by atoms with Crippen LogP contribution in [0.15, 0.2) is 58.6 Å². The maximum absolute atomic E-state index is 13.3. The van der Waals surface area contributed by atoms with Crippen molar-refractivity contribution in [3.63, 3.8) is 0 Å². The summed E-state index contributed by atoms with van der Waals surface area (Å²) in [5.41, 5.74) is 0.927. The number of ketones is 2. The molecule has 9 nitrogen and oxygen atoms in total. The van der Waals surface area contributed by atoms with E-state index >= 15 is 0 Å². The first-order chi connectivity index (χ1) is 17.4. The number of ether oxygens (including phenoxy) is 3. The molecule has 2 aliphatic rings. The molecule has 0 radical (unpaired) electrons. The van der Waals surface area contributed by atoms with E-state index in [0.717, 1.165) is 6.08 Å². The number of rotatable bonds is 3. The van der Waals surface area contributed by atoms with Crippen LogP contribution < -0.4 is 5.32 Å². The Kier molecular flexibility index (Phi) is 11.2. The molecule has 0 aromatic heterocycles. The van der Waals surface area contributed by atoms with Crippen LogP contribution in [0.5, 0.6) is 0 Å². The zero-order chi connectivity index (χ0) is 27.9. The maximum atomic E-state index is 13.3. The smallest absolute Gasteiger partial charge is 0.251 e. The molecule has 1 amide bonds. The van der Waals surface area contributed by atoms with Crippen LogP contribution in [0.25, 0.3) is 0 Å². The molecular weight excluding hydrogens is 478 g/mol. The zero-order valence-corrected chi connectivity index (χ0v) is 22.6. The van der Waals surface area contributed by atoms with Crippen molar-refractivity contribution in [2.24, 2.45) is 11.8 Å². The molecule has 0 saturated heterocycles. The minimum Gasteiger partial charge on any atom is -0.492 e. The SMILES string of the molecule is COC1=C2CC(C)CC(OC)C(O)C(C)C=C(C)C(O)C(OC)C=CC=C(C)C(=O)NC(=CC1=O)C2=O. The number of aliphatic hydroxyl groups excluding tert-OH is 2. The van der Waals surface area contributed by atoms with Gasteiger partial charge in [-0.2, -0.15) is 0 Å². The number of amides is 1. The van der Waals surface area contributed by atoms with E-state index < -0.39 is 41.9 Å². The third-order valence-corrected chi connectivity index (χ3v) is 6.73. The highest BCUT2D eigenvalue weighted by Gasteiger charge is 2.33. The lowest BCUT2D eigenvalue weighted by Gasteiger charge is -2.29. The summed E-state index contributed by atoms with van der Waals surface area (Å²) in [7, 11) is 4.28. The lowest BCUT2D eigenvalue weighted by Crippen LogP contribution is -2.36. The Morgan fingerprint density at radius 2 is 1.70 bits per heavy atom. The van der Waals surface area contributed by atoms with Gasteiger partial charge in [0.15, 0.2) is 5.76 Å². The van der Waals surface area contributed by atoms with Crippen molar-refractivity contribution in [1.29, 1.82) is 0 Å². The molecule has 3 N–H and O–H groups in total. The monoisotopic (exact) mass is 517 g/mol. The minimum absolute atomic E-state index is 0.0584. The summed E-state index contributed by atoms with van der Waals surface area (Å²) in [6, 6.07) is 0. The standard InChI is InChI=1S/C28H39NO8/c1-15-11-19-26(33)20(14-21(30)27(19)37-7)29-28(34)16(2)9-8-10-22(35-5)24(31)17(3)13-18(4)25(32)23(12-15)36-6/h8-10,13-15,18,22-25,31-32H,11-12H2,1-7H3,(H,29,34). The maximum Gasteiger partial charge on any atom is 0.251 e. The molecular formula is C28H39NO8. The van der Waals surface area contributed by atoms with Crippen LogP contribution in [-0.2, 0) is 28.6 Å². The second-order valence-corrected chi connectivity index (χ2v) is 9.68. The first-order valence-electron chi connectivity index (χ1n) is 12.3. The molecule has 9 heteroatoms. The van der Waals surface area contributed by atoms with E-state index in [9.17, 15) is 24.6 Å². The first-order valence-corrected chi connectivity index (χ1v) is 12.3. The Morgan fingerprint density at radius 1 is 1.03 bits per heavy atom. The number of methoxy groups -OCH3 is 3. The number of allylic oxidation sites excluding steroid dienone is 4. The summed E-state index contributed by atoms with van der Waals surface area (Å²) in [4.78, 5) is 38.7. The van der Waals surface area contributed by atoms with Gasteiger partial charge in [-0.1, -0.05) is 38.2 Å². The van der Waals surface area contributed by atoms with Crippen LogP contribution in [0, 0.1) is 11.8 Å². The summed E-state index contributed by atoms with van der Waals surface area (Å²) < 4.78 is 16.2. The summed E-state index contributed by atoms with van der Waals surface area (Å²) in [6.07, 6.45) is 4.96. The van der Waals surface area contributed by atoms with Crippen molar-refractivity contribution in [2.75, 3.05) is 21.3 Å². The van der Waals surface area contributed by atoms with Gasteiger partial charge in [-0.05, 0) is 38.2 Å². The highest BCUT2D eigenvalue weighted by molar-refractivity contribution is 6.23. The molecule has 1 aliphatic carbocycles. The number of Topliss-reactive ketones (excluding diaryl/α,β-unsaturated/α-hetero) is 1. The van der Waals surface area contributed by atoms with Crippen molar-refractivity contribution in [3.05, 3.63) is 58.6 Å². The van der Waals surface area contributed by atoms with Crippen molar-refractivity contribution < 1.29 is 38.8 Å². The van der Waals surface area contributed by atoms with E-state index in [1.807, 2.05) is 13.8 Å². The van der Waals surface area contributed by atoms with Gasteiger partial charge >= 0.3 is 0 Å². The highest BCUT2D eigenvalue weighted by Crippen LogP contribution is 2.29. The predicted octanol–water partition coefficient (Wildman–Crippen LogP) is 2.31. The summed E-state index contributed by atoms with van der Waals surface area (Å²) in [5, 5.41) is 24.4. The van der Waals surface area contributed by atoms with Crippen LogP contribution in [-0.4, -0.2) is 73.4 Å². The van der Waals surface area contributed by atoms with Crippen molar-refractivity contribution in [3.8, 4) is 0 Å². The van der Waals surface area contributed by atoms with Gasteiger partial charge in [-0.3, -0.25) is 14.4 Å². The lowest BCUT2D eigenvalue weighted by molar-refractivity contribution is -0.120. The van der Waals surface area contributed by atoms with Crippen molar-refractivity contribution in [2.45, 2.75) is 65.0 Å². The van der Waals surface area contributed by atoms with Crippen molar-refractivity contribution >= 4 is 17.5 Å². The fourth-order valence-corrected chi connectivity index (χ4v) is 4.51. The second kappa shape index (κ2) is 13.6. The number of carbonyl (C=O) groups is 3. The third kappa shape index (κ3) is 7.58. The van der Waals surface area contributed by atoms with E-state index in [4.69, 9.17) is 14.2 Å². The predicted molar refractivity (Wildman–Crippen MR) is 138 cm³/mol. The Labute approximate surface area is 218 Å². The van der Waals surface area contributed by atoms with Gasteiger partial charge in [0, 0.05) is 37.4 Å². The van der Waals surface area contributed by atoms with E-state index in [0.29, 0.717) is 12.0 Å². The molecule has 6 unspecified atom stereocenters. The van der Waals surface area contributed by atoms with Crippen LogP contribution in [0.4, 0.5) is 0 Å². The molecule has 2 bridgehead atoms. The number of fused-ring (bicyclic) bond motifs is 2. The number of hydrogen-bond donors (Lipinski definition) is 3. The molecule has 1 heterocycles. The molecule has 2 rings (SSSR count). The molecule has 6 atom stereocenters. The second-order valence-electron chi connectivity index (χ2n) is 9.68. The van der Waals surface area contributed by atoms with Gasteiger partial charge in [0.1, 0.15) is 12.2 Å². The number of aliphatic hydroxyl groups is 2. The Hall–Kier alpha value is -2.85. The van der Waals surface area contributed by atoms with Crippen LogP contribution >= 0.6 is 0 Å². The van der Waals surface area contributed by atoms with E-state index in [1.165, 1.54) is 27.4 Å². The molecule has 0 spiro atoms. The average molecular weight is 518 g/mol. The molecule has 0 saturated carbocycles. The third-order valence-electron chi connectivity index (χ3n) is 6.73. The fraction of sp³-hybridized carbons (Fsp3) is 0.536. The molecule has 1 aliphatic heterocycles. The van der Waals surface area contributed by atoms with Crippen LogP contribution in [0.3, 0.4) is 0 Å². The molecule has 0 aromatic carbocycles. The van der Waals surface area contributed by atoms with Crippen LogP contribution in [0.2, 0.25) is 0 Å². The summed E-state index contributed by atoms with van der Waals surface area (Å²) in [6.45, 7) is 7.03. The Bertz CT molecular complexity index is 1030. The van der Waals surface area contributed by atoms with E-state index in [-0.39, 0.29) is 40.9 Å².